The summed E-state index contributed by atoms with van der Waals surface area (Å²) in [6.45, 7) is 6.56. The van der Waals surface area contributed by atoms with E-state index in [4.69, 9.17) is 18.6 Å². The molecule has 9 nitrogen and oxygen atoms in total. The standard InChI is InChI=1S/C25H27N3O6S/c1-4-31-15-11-12-19(32-5-2)16(13-15)22-21(23(29)33-6-3)18(26-24(30)28-22)14-35-25-27-17-9-7-8-10-20(17)34-25/h7-13,22H,4-6,14H2,1-3H3,(H2,26,28,30). The predicted molar refractivity (Wildman–Crippen MR) is 132 cm³/mol. The summed E-state index contributed by atoms with van der Waals surface area (Å²) in [5.74, 6) is 0.836. The van der Waals surface area contributed by atoms with Crippen LogP contribution in [0.2, 0.25) is 0 Å². The molecule has 0 saturated carbocycles. The largest absolute Gasteiger partial charge is 0.494 e. The number of amides is 2. The van der Waals surface area contributed by atoms with Gasteiger partial charge in [-0.2, -0.15) is 0 Å². The van der Waals surface area contributed by atoms with Crippen molar-refractivity contribution in [3.63, 3.8) is 0 Å². The van der Waals surface area contributed by atoms with E-state index in [1.165, 1.54) is 11.8 Å². The molecule has 2 N–H and O–H groups in total. The number of benzene rings is 2. The molecule has 1 aliphatic heterocycles. The predicted octanol–water partition coefficient (Wildman–Crippen LogP) is 4.59. The molecule has 0 fully saturated rings. The average molecular weight is 498 g/mol. The number of urea groups is 1. The van der Waals surface area contributed by atoms with Crippen LogP contribution in [-0.4, -0.2) is 42.6 Å². The smallest absolute Gasteiger partial charge is 0.338 e. The van der Waals surface area contributed by atoms with Crippen LogP contribution >= 0.6 is 11.8 Å². The number of carbonyl (C=O) groups is 2. The summed E-state index contributed by atoms with van der Waals surface area (Å²) < 4.78 is 22.6. The van der Waals surface area contributed by atoms with E-state index in [1.54, 1.807) is 25.1 Å². The van der Waals surface area contributed by atoms with E-state index >= 15 is 0 Å². The molecule has 1 unspecified atom stereocenters. The molecule has 3 aromatic rings. The van der Waals surface area contributed by atoms with E-state index in [9.17, 15) is 9.59 Å². The molecule has 0 bridgehead atoms. The number of rotatable bonds is 10. The zero-order chi connectivity index (χ0) is 24.8. The Bertz CT molecular complexity index is 1220. The summed E-state index contributed by atoms with van der Waals surface area (Å²) in [7, 11) is 0. The molecule has 35 heavy (non-hydrogen) atoms. The van der Waals surface area contributed by atoms with Gasteiger partial charge in [0, 0.05) is 17.0 Å². The SMILES string of the molecule is CCOC(=O)C1=C(CSc2nc3ccccc3o2)NC(=O)NC1c1cc(OCC)ccc1OCC. The lowest BCUT2D eigenvalue weighted by atomic mass is 9.94. The summed E-state index contributed by atoms with van der Waals surface area (Å²) in [5.41, 5.74) is 2.69. The maximum atomic E-state index is 13.1. The van der Waals surface area contributed by atoms with Crippen LogP contribution in [0.15, 0.2) is 63.4 Å². The summed E-state index contributed by atoms with van der Waals surface area (Å²) in [5, 5.41) is 6.04. The van der Waals surface area contributed by atoms with E-state index in [2.05, 4.69) is 15.6 Å². The zero-order valence-corrected chi connectivity index (χ0v) is 20.6. The second kappa shape index (κ2) is 11.2. The van der Waals surface area contributed by atoms with Crippen LogP contribution in [0.5, 0.6) is 11.5 Å². The van der Waals surface area contributed by atoms with Crippen LogP contribution in [0.1, 0.15) is 32.4 Å². The summed E-state index contributed by atoms with van der Waals surface area (Å²) in [6.07, 6.45) is 0. The molecule has 2 amide bonds. The highest BCUT2D eigenvalue weighted by atomic mass is 32.2. The number of para-hydroxylation sites is 2. The van der Waals surface area contributed by atoms with Gasteiger partial charge in [0.25, 0.3) is 5.22 Å². The third kappa shape index (κ3) is 5.54. The average Bonchev–Trinajstić information content (AvgIpc) is 3.27. The van der Waals surface area contributed by atoms with Crippen molar-refractivity contribution in [1.82, 2.24) is 15.6 Å². The fourth-order valence-corrected chi connectivity index (χ4v) is 4.56. The van der Waals surface area contributed by atoms with E-state index in [-0.39, 0.29) is 17.9 Å². The van der Waals surface area contributed by atoms with Crippen molar-refractivity contribution in [2.75, 3.05) is 25.6 Å². The first kappa shape index (κ1) is 24.5. The molecule has 4 rings (SSSR count). The quantitative estimate of drug-likeness (QED) is 0.309. The number of fused-ring (bicyclic) bond motifs is 1. The first-order chi connectivity index (χ1) is 17.0. The van der Waals surface area contributed by atoms with E-state index in [1.807, 2.05) is 38.1 Å². The molecule has 10 heteroatoms. The minimum Gasteiger partial charge on any atom is -0.494 e. The molecular formula is C25H27N3O6S. The number of hydrogen-bond acceptors (Lipinski definition) is 8. The Hall–Kier alpha value is -3.66. The monoisotopic (exact) mass is 497 g/mol. The zero-order valence-electron chi connectivity index (χ0n) is 19.8. The molecule has 2 aromatic carbocycles. The van der Waals surface area contributed by atoms with Crippen LogP contribution in [0.25, 0.3) is 11.1 Å². The number of aromatic nitrogens is 1. The van der Waals surface area contributed by atoms with Gasteiger partial charge in [0.15, 0.2) is 5.58 Å². The molecule has 2 heterocycles. The van der Waals surface area contributed by atoms with Crippen molar-refractivity contribution >= 4 is 34.9 Å². The van der Waals surface area contributed by atoms with Crippen molar-refractivity contribution in [3.05, 3.63) is 59.3 Å². The van der Waals surface area contributed by atoms with Crippen LogP contribution < -0.4 is 20.1 Å². The highest BCUT2D eigenvalue weighted by Gasteiger charge is 2.35. The Labute approximate surface area is 207 Å². The van der Waals surface area contributed by atoms with Gasteiger partial charge in [0.05, 0.1) is 31.4 Å². The van der Waals surface area contributed by atoms with Gasteiger partial charge in [-0.05, 0) is 51.1 Å². The van der Waals surface area contributed by atoms with Crippen LogP contribution in [-0.2, 0) is 9.53 Å². The van der Waals surface area contributed by atoms with Crippen molar-refractivity contribution in [1.29, 1.82) is 0 Å². The maximum absolute atomic E-state index is 13.1. The lowest BCUT2D eigenvalue weighted by Gasteiger charge is -2.30. The molecule has 184 valence electrons. The number of carbonyl (C=O) groups excluding carboxylic acids is 2. The highest BCUT2D eigenvalue weighted by Crippen LogP contribution is 2.37. The summed E-state index contributed by atoms with van der Waals surface area (Å²) in [6, 6.07) is 11.5. The number of hydrogen-bond donors (Lipinski definition) is 2. The second-order valence-electron chi connectivity index (χ2n) is 7.45. The highest BCUT2D eigenvalue weighted by molar-refractivity contribution is 7.99. The van der Waals surface area contributed by atoms with Crippen LogP contribution in [0.4, 0.5) is 4.79 Å². The fourth-order valence-electron chi connectivity index (χ4n) is 3.76. The lowest BCUT2D eigenvalue weighted by Crippen LogP contribution is -2.46. The van der Waals surface area contributed by atoms with Gasteiger partial charge in [-0.25, -0.2) is 14.6 Å². The molecular weight excluding hydrogens is 470 g/mol. The van der Waals surface area contributed by atoms with Crippen molar-refractivity contribution in [3.8, 4) is 11.5 Å². The first-order valence-corrected chi connectivity index (χ1v) is 12.4. The number of oxazole rings is 1. The Balaban J connectivity index is 1.74. The molecule has 0 aliphatic carbocycles. The van der Waals surface area contributed by atoms with E-state index in [0.29, 0.717) is 46.8 Å². The Morgan fingerprint density at radius 1 is 1.09 bits per heavy atom. The minimum absolute atomic E-state index is 0.186. The molecule has 1 atom stereocenters. The van der Waals surface area contributed by atoms with Crippen molar-refractivity contribution < 1.29 is 28.2 Å². The van der Waals surface area contributed by atoms with Crippen LogP contribution in [0.3, 0.4) is 0 Å². The van der Waals surface area contributed by atoms with E-state index < -0.39 is 18.0 Å². The van der Waals surface area contributed by atoms with E-state index in [0.717, 1.165) is 5.52 Å². The number of ether oxygens (including phenoxy) is 3. The molecule has 0 saturated heterocycles. The van der Waals surface area contributed by atoms with Crippen LogP contribution in [0, 0.1) is 0 Å². The summed E-state index contributed by atoms with van der Waals surface area (Å²) >= 11 is 1.28. The van der Waals surface area contributed by atoms with Crippen molar-refractivity contribution in [2.45, 2.75) is 32.0 Å². The minimum atomic E-state index is -0.802. The fraction of sp³-hybridized carbons (Fsp3) is 0.320. The van der Waals surface area contributed by atoms with Gasteiger partial charge in [-0.3, -0.25) is 0 Å². The molecule has 0 spiro atoms. The lowest BCUT2D eigenvalue weighted by molar-refractivity contribution is -0.139. The van der Waals surface area contributed by atoms with Crippen molar-refractivity contribution in [2.24, 2.45) is 0 Å². The molecule has 1 aromatic heterocycles. The van der Waals surface area contributed by atoms with Gasteiger partial charge < -0.3 is 29.3 Å². The Morgan fingerprint density at radius 3 is 2.63 bits per heavy atom. The first-order valence-electron chi connectivity index (χ1n) is 11.4. The van der Waals surface area contributed by atoms with Gasteiger partial charge in [0.2, 0.25) is 0 Å². The van der Waals surface area contributed by atoms with Gasteiger partial charge >= 0.3 is 12.0 Å². The number of esters is 1. The number of nitrogens with zero attached hydrogens (tertiary/aromatic N) is 1. The Morgan fingerprint density at radius 2 is 1.89 bits per heavy atom. The summed E-state index contributed by atoms with van der Waals surface area (Å²) in [4.78, 5) is 30.3. The second-order valence-corrected chi connectivity index (χ2v) is 8.37. The maximum Gasteiger partial charge on any atom is 0.338 e. The Kier molecular flexibility index (Phi) is 7.81. The normalized spacial score (nSPS) is 15.5. The third-order valence-corrected chi connectivity index (χ3v) is 6.02. The topological polar surface area (TPSA) is 112 Å². The van der Waals surface area contributed by atoms with Gasteiger partial charge in [0.1, 0.15) is 17.0 Å². The number of nitrogens with one attached hydrogen (secondary N) is 2. The molecule has 0 radical (unpaired) electrons. The van der Waals surface area contributed by atoms with Gasteiger partial charge in [-0.15, -0.1) is 0 Å². The third-order valence-electron chi connectivity index (χ3n) is 5.17. The van der Waals surface area contributed by atoms with Gasteiger partial charge in [-0.1, -0.05) is 23.9 Å². The number of thioether (sulfide) groups is 1. The molecule has 1 aliphatic rings.